The van der Waals surface area contributed by atoms with E-state index in [1.165, 1.54) is 0 Å². The summed E-state index contributed by atoms with van der Waals surface area (Å²) in [6.07, 6.45) is 1.86. The number of halogens is 2. The lowest BCUT2D eigenvalue weighted by atomic mass is 10.1. The number of hydrogen-bond acceptors (Lipinski definition) is 5. The number of nitrogen functional groups attached to an aromatic ring is 1. The summed E-state index contributed by atoms with van der Waals surface area (Å²) in [6.45, 7) is 2.32. The Balaban J connectivity index is 0.00000242. The van der Waals surface area contributed by atoms with Gasteiger partial charge in [0.25, 0.3) is 11.6 Å². The molecule has 0 saturated carbocycles. The molecule has 122 valence electrons. The highest BCUT2D eigenvalue weighted by Crippen LogP contribution is 2.26. The minimum atomic E-state index is -0.860. The fraction of sp³-hybridized carbons (Fsp3) is 0.462. The quantitative estimate of drug-likeness (QED) is 0.429. The van der Waals surface area contributed by atoms with Crippen LogP contribution in [-0.2, 0) is 0 Å². The van der Waals surface area contributed by atoms with Crippen LogP contribution in [0.1, 0.15) is 23.2 Å². The van der Waals surface area contributed by atoms with Gasteiger partial charge >= 0.3 is 0 Å². The highest BCUT2D eigenvalue weighted by molar-refractivity contribution is 6.01. The zero-order chi connectivity index (χ0) is 15.4. The van der Waals surface area contributed by atoms with Crippen molar-refractivity contribution in [2.45, 2.75) is 12.8 Å². The first-order chi connectivity index (χ1) is 9.99. The Morgan fingerprint density at radius 2 is 2.27 bits per heavy atom. The van der Waals surface area contributed by atoms with Crippen LogP contribution in [-0.4, -0.2) is 30.5 Å². The summed E-state index contributed by atoms with van der Waals surface area (Å²) in [6, 6.07) is 1.62. The summed E-state index contributed by atoms with van der Waals surface area (Å²) < 4.78 is 13.3. The van der Waals surface area contributed by atoms with Gasteiger partial charge in [-0.15, -0.1) is 12.4 Å². The van der Waals surface area contributed by atoms with Gasteiger partial charge in [0.1, 0.15) is 11.5 Å². The monoisotopic (exact) mass is 332 g/mol. The lowest BCUT2D eigenvalue weighted by Gasteiger charge is -2.10. The average molecular weight is 333 g/mol. The van der Waals surface area contributed by atoms with E-state index in [4.69, 9.17) is 5.73 Å². The minimum absolute atomic E-state index is 0. The number of nitrogens with two attached hydrogens (primary N) is 1. The molecule has 1 fully saturated rings. The Morgan fingerprint density at radius 3 is 2.86 bits per heavy atom. The van der Waals surface area contributed by atoms with Crippen molar-refractivity contribution in [3.63, 3.8) is 0 Å². The summed E-state index contributed by atoms with van der Waals surface area (Å²) >= 11 is 0. The van der Waals surface area contributed by atoms with Crippen LogP contribution < -0.4 is 16.4 Å². The summed E-state index contributed by atoms with van der Waals surface area (Å²) in [4.78, 5) is 21.9. The number of anilines is 1. The predicted molar refractivity (Wildman–Crippen MR) is 82.6 cm³/mol. The third kappa shape index (κ3) is 4.28. The minimum Gasteiger partial charge on any atom is -0.393 e. The van der Waals surface area contributed by atoms with Crippen molar-refractivity contribution in [3.05, 3.63) is 33.6 Å². The molecule has 1 unspecified atom stereocenters. The molecule has 1 aromatic rings. The van der Waals surface area contributed by atoms with Gasteiger partial charge < -0.3 is 16.4 Å². The van der Waals surface area contributed by atoms with Gasteiger partial charge in [-0.05, 0) is 37.9 Å². The molecule has 1 saturated heterocycles. The van der Waals surface area contributed by atoms with E-state index in [0.29, 0.717) is 18.5 Å². The van der Waals surface area contributed by atoms with E-state index in [2.05, 4.69) is 10.6 Å². The van der Waals surface area contributed by atoms with Crippen molar-refractivity contribution in [2.75, 3.05) is 25.4 Å². The molecule has 1 aromatic carbocycles. The number of benzene rings is 1. The maximum absolute atomic E-state index is 13.3. The highest BCUT2D eigenvalue weighted by Gasteiger charge is 2.22. The van der Waals surface area contributed by atoms with Crippen molar-refractivity contribution in [3.8, 4) is 0 Å². The van der Waals surface area contributed by atoms with E-state index in [1.54, 1.807) is 0 Å². The topological polar surface area (TPSA) is 110 Å². The van der Waals surface area contributed by atoms with E-state index in [1.807, 2.05) is 0 Å². The second-order valence-electron chi connectivity index (χ2n) is 5.05. The number of carbonyl (C=O) groups excluding carboxylic acids is 1. The van der Waals surface area contributed by atoms with Crippen molar-refractivity contribution in [1.82, 2.24) is 10.6 Å². The molecule has 0 spiro atoms. The highest BCUT2D eigenvalue weighted by atomic mass is 35.5. The van der Waals surface area contributed by atoms with Crippen LogP contribution in [0.3, 0.4) is 0 Å². The molecule has 1 amide bonds. The number of rotatable bonds is 5. The number of hydrogen-bond donors (Lipinski definition) is 3. The van der Waals surface area contributed by atoms with Crippen LogP contribution in [0.15, 0.2) is 12.1 Å². The van der Waals surface area contributed by atoms with Crippen LogP contribution in [0.4, 0.5) is 15.8 Å². The Kier molecular flexibility index (Phi) is 6.51. The third-order valence-electron chi connectivity index (χ3n) is 3.56. The van der Waals surface area contributed by atoms with Crippen LogP contribution in [0.5, 0.6) is 0 Å². The molecule has 0 aromatic heterocycles. The molecule has 1 aliphatic heterocycles. The number of nitro benzene ring substituents is 1. The van der Waals surface area contributed by atoms with Crippen LogP contribution in [0, 0.1) is 21.8 Å². The van der Waals surface area contributed by atoms with Gasteiger partial charge in [0.05, 0.1) is 16.6 Å². The lowest BCUT2D eigenvalue weighted by Crippen LogP contribution is -2.27. The number of nitro groups is 1. The fourth-order valence-electron chi connectivity index (χ4n) is 2.39. The molecular weight excluding hydrogens is 315 g/mol. The molecular formula is C13H18ClFN4O3. The molecule has 1 heterocycles. The number of amides is 1. The normalized spacial score (nSPS) is 16.9. The van der Waals surface area contributed by atoms with E-state index in [-0.39, 0.29) is 23.7 Å². The first kappa shape index (κ1) is 18.1. The summed E-state index contributed by atoms with van der Waals surface area (Å²) in [7, 11) is 0. The molecule has 1 atom stereocenters. The average Bonchev–Trinajstić information content (AvgIpc) is 2.93. The Morgan fingerprint density at radius 1 is 1.55 bits per heavy atom. The molecule has 0 aliphatic carbocycles. The van der Waals surface area contributed by atoms with E-state index >= 15 is 0 Å². The van der Waals surface area contributed by atoms with Gasteiger partial charge in [-0.25, -0.2) is 4.39 Å². The van der Waals surface area contributed by atoms with Gasteiger partial charge in [0.2, 0.25) is 0 Å². The van der Waals surface area contributed by atoms with Crippen molar-refractivity contribution < 1.29 is 14.1 Å². The first-order valence-corrected chi connectivity index (χ1v) is 6.71. The largest absolute Gasteiger partial charge is 0.393 e. The summed E-state index contributed by atoms with van der Waals surface area (Å²) in [5.41, 5.74) is 4.45. The Bertz CT molecular complexity index is 564. The van der Waals surface area contributed by atoms with Crippen LogP contribution >= 0.6 is 12.4 Å². The molecule has 7 nitrogen and oxygen atoms in total. The predicted octanol–water partition coefficient (Wildman–Crippen LogP) is 1.47. The number of nitrogens with zero attached hydrogens (tertiary/aromatic N) is 1. The number of nitrogens with one attached hydrogen (secondary N) is 2. The van der Waals surface area contributed by atoms with Crippen LogP contribution in [0.2, 0.25) is 0 Å². The van der Waals surface area contributed by atoms with Gasteiger partial charge in [0, 0.05) is 6.54 Å². The second-order valence-corrected chi connectivity index (χ2v) is 5.05. The van der Waals surface area contributed by atoms with E-state index in [0.717, 1.165) is 32.0 Å². The van der Waals surface area contributed by atoms with Gasteiger partial charge in [0.15, 0.2) is 0 Å². The number of carbonyl (C=O) groups is 1. The maximum atomic E-state index is 13.3. The third-order valence-corrected chi connectivity index (χ3v) is 3.56. The maximum Gasteiger partial charge on any atom is 0.295 e. The SMILES string of the molecule is Cl.Nc1c(C(=O)NCCC2CCNC2)cc(F)cc1[N+](=O)[O-]. The molecule has 22 heavy (non-hydrogen) atoms. The lowest BCUT2D eigenvalue weighted by molar-refractivity contribution is -0.384. The summed E-state index contributed by atoms with van der Waals surface area (Å²) in [5, 5.41) is 16.6. The Hall–Kier alpha value is -1.93. The second kappa shape index (κ2) is 7.90. The van der Waals surface area contributed by atoms with Crippen LogP contribution in [0.25, 0.3) is 0 Å². The van der Waals surface area contributed by atoms with Crippen molar-refractivity contribution >= 4 is 29.7 Å². The van der Waals surface area contributed by atoms with E-state index < -0.39 is 22.3 Å². The zero-order valence-corrected chi connectivity index (χ0v) is 12.6. The molecule has 0 radical (unpaired) electrons. The first-order valence-electron chi connectivity index (χ1n) is 6.71. The smallest absolute Gasteiger partial charge is 0.295 e. The fourth-order valence-corrected chi connectivity index (χ4v) is 2.39. The molecule has 2 rings (SSSR count). The standard InChI is InChI=1S/C13H17FN4O3.ClH/c14-9-5-10(12(15)11(6-9)18(20)21)13(19)17-4-2-8-1-3-16-7-8;/h5-6,8,16H,1-4,7,15H2,(H,17,19);1H. The van der Waals surface area contributed by atoms with Gasteiger partial charge in [-0.2, -0.15) is 0 Å². The van der Waals surface area contributed by atoms with Gasteiger partial charge in [-0.3, -0.25) is 14.9 Å². The molecule has 0 bridgehead atoms. The van der Waals surface area contributed by atoms with Gasteiger partial charge in [-0.1, -0.05) is 0 Å². The van der Waals surface area contributed by atoms with Crippen molar-refractivity contribution in [2.24, 2.45) is 5.92 Å². The molecule has 9 heteroatoms. The van der Waals surface area contributed by atoms with Crippen molar-refractivity contribution in [1.29, 1.82) is 0 Å². The Labute approximate surface area is 133 Å². The molecule has 4 N–H and O–H groups in total. The molecule has 1 aliphatic rings. The summed E-state index contributed by atoms with van der Waals surface area (Å²) in [5.74, 6) is -0.952. The van der Waals surface area contributed by atoms with E-state index in [9.17, 15) is 19.3 Å². The zero-order valence-electron chi connectivity index (χ0n) is 11.8.